The van der Waals surface area contributed by atoms with E-state index >= 15 is 0 Å². The zero-order chi connectivity index (χ0) is 19.6. The highest BCUT2D eigenvalue weighted by atomic mass is 35.5. The molecule has 0 bridgehead atoms. The van der Waals surface area contributed by atoms with E-state index in [1.54, 1.807) is 10.7 Å². The number of aryl methyl sites for hydroxylation is 2. The van der Waals surface area contributed by atoms with Crippen LogP contribution < -0.4 is 10.1 Å². The van der Waals surface area contributed by atoms with Gasteiger partial charge in [-0.1, -0.05) is 23.7 Å². The van der Waals surface area contributed by atoms with E-state index in [1.165, 1.54) is 0 Å². The van der Waals surface area contributed by atoms with Gasteiger partial charge < -0.3 is 10.1 Å². The molecule has 1 aromatic heterocycles. The maximum absolute atomic E-state index is 11.2. The largest absolute Gasteiger partial charge is 0.487 e. The van der Waals surface area contributed by atoms with Crippen molar-refractivity contribution in [3.8, 4) is 11.4 Å². The van der Waals surface area contributed by atoms with Crippen molar-refractivity contribution < 1.29 is 9.53 Å². The van der Waals surface area contributed by atoms with Crippen LogP contribution in [0.3, 0.4) is 0 Å². The number of nitrogens with one attached hydrogen (secondary N) is 1. The van der Waals surface area contributed by atoms with E-state index in [1.807, 2.05) is 45.2 Å². The molecule has 0 fully saturated rings. The third-order valence-corrected chi connectivity index (χ3v) is 4.97. The SMILES string of the molecule is CNc1cccc(C)c1COc1ccc(-n2nc(C)c(C=O)c2C)cc1Cl. The molecule has 1 N–H and O–H groups in total. The molecule has 27 heavy (non-hydrogen) atoms. The normalized spacial score (nSPS) is 10.7. The van der Waals surface area contributed by atoms with Crippen molar-refractivity contribution in [1.82, 2.24) is 9.78 Å². The highest BCUT2D eigenvalue weighted by Gasteiger charge is 2.14. The van der Waals surface area contributed by atoms with Crippen LogP contribution in [0.1, 0.15) is 32.9 Å². The Labute approximate surface area is 163 Å². The van der Waals surface area contributed by atoms with Crippen LogP contribution >= 0.6 is 11.6 Å². The van der Waals surface area contributed by atoms with Gasteiger partial charge in [0.2, 0.25) is 0 Å². The quantitative estimate of drug-likeness (QED) is 0.616. The molecule has 0 atom stereocenters. The number of nitrogens with zero attached hydrogens (tertiary/aromatic N) is 2. The standard InChI is InChI=1S/C21H22ClN3O2/c1-13-6-5-7-20(23-4)18(13)12-27-21-9-8-16(10-19(21)22)25-15(3)17(11-26)14(2)24-25/h5-11,23H,12H2,1-4H3. The number of benzene rings is 2. The summed E-state index contributed by atoms with van der Waals surface area (Å²) >= 11 is 6.44. The van der Waals surface area contributed by atoms with Crippen molar-refractivity contribution in [1.29, 1.82) is 0 Å². The minimum atomic E-state index is 0.414. The predicted octanol–water partition coefficient (Wildman–Crippen LogP) is 4.88. The lowest BCUT2D eigenvalue weighted by molar-refractivity contribution is 0.112. The first kappa shape index (κ1) is 19.0. The molecular weight excluding hydrogens is 362 g/mol. The molecule has 0 aliphatic rings. The highest BCUT2D eigenvalue weighted by Crippen LogP contribution is 2.30. The van der Waals surface area contributed by atoms with E-state index in [0.29, 0.717) is 28.6 Å². The number of hydrogen-bond acceptors (Lipinski definition) is 4. The monoisotopic (exact) mass is 383 g/mol. The Morgan fingerprint density at radius 3 is 2.63 bits per heavy atom. The smallest absolute Gasteiger partial charge is 0.153 e. The summed E-state index contributed by atoms with van der Waals surface area (Å²) in [5.41, 5.74) is 6.14. The maximum atomic E-state index is 11.2. The molecule has 0 aliphatic carbocycles. The van der Waals surface area contributed by atoms with Gasteiger partial charge in [-0.2, -0.15) is 5.10 Å². The lowest BCUT2D eigenvalue weighted by Gasteiger charge is -2.15. The molecule has 0 unspecified atom stereocenters. The van der Waals surface area contributed by atoms with Gasteiger partial charge in [0.25, 0.3) is 0 Å². The fourth-order valence-electron chi connectivity index (χ4n) is 3.09. The summed E-state index contributed by atoms with van der Waals surface area (Å²) in [6.07, 6.45) is 0.828. The van der Waals surface area contributed by atoms with E-state index in [-0.39, 0.29) is 0 Å². The number of carbonyl (C=O) groups excluding carboxylic acids is 1. The van der Waals surface area contributed by atoms with Gasteiger partial charge >= 0.3 is 0 Å². The number of rotatable bonds is 6. The molecule has 0 saturated carbocycles. The van der Waals surface area contributed by atoms with Crippen LogP contribution in [0, 0.1) is 20.8 Å². The molecule has 3 aromatic rings. The molecule has 0 spiro atoms. The van der Waals surface area contributed by atoms with Crippen molar-refractivity contribution in [2.75, 3.05) is 12.4 Å². The molecule has 140 valence electrons. The second-order valence-corrected chi connectivity index (χ2v) is 6.78. The van der Waals surface area contributed by atoms with Crippen LogP contribution in [0.2, 0.25) is 5.02 Å². The summed E-state index contributed by atoms with van der Waals surface area (Å²) in [6, 6.07) is 11.6. The average molecular weight is 384 g/mol. The number of hydrogen-bond donors (Lipinski definition) is 1. The Morgan fingerprint density at radius 1 is 1.22 bits per heavy atom. The molecule has 0 amide bonds. The second-order valence-electron chi connectivity index (χ2n) is 6.37. The Kier molecular flexibility index (Phi) is 5.51. The van der Waals surface area contributed by atoms with Gasteiger partial charge in [-0.15, -0.1) is 0 Å². The third-order valence-electron chi connectivity index (χ3n) is 4.68. The van der Waals surface area contributed by atoms with Crippen molar-refractivity contribution >= 4 is 23.6 Å². The summed E-state index contributed by atoms with van der Waals surface area (Å²) in [5, 5.41) is 8.10. The van der Waals surface area contributed by atoms with Crippen LogP contribution in [0.15, 0.2) is 36.4 Å². The Balaban J connectivity index is 1.85. The second kappa shape index (κ2) is 7.84. The predicted molar refractivity (Wildman–Crippen MR) is 108 cm³/mol. The first-order valence-corrected chi connectivity index (χ1v) is 9.04. The van der Waals surface area contributed by atoms with Crippen molar-refractivity contribution in [2.45, 2.75) is 27.4 Å². The van der Waals surface area contributed by atoms with Gasteiger partial charge in [-0.25, -0.2) is 4.68 Å². The lowest BCUT2D eigenvalue weighted by atomic mass is 10.1. The van der Waals surface area contributed by atoms with Crippen molar-refractivity contribution in [3.05, 3.63) is 69.5 Å². The van der Waals surface area contributed by atoms with E-state index in [4.69, 9.17) is 16.3 Å². The van der Waals surface area contributed by atoms with Crippen LogP contribution in [0.5, 0.6) is 5.75 Å². The van der Waals surface area contributed by atoms with Gasteiger partial charge in [-0.05, 0) is 50.6 Å². The molecule has 0 aliphatic heterocycles. The summed E-state index contributed by atoms with van der Waals surface area (Å²) in [4.78, 5) is 11.2. The average Bonchev–Trinajstić information content (AvgIpc) is 2.94. The van der Waals surface area contributed by atoms with Crippen LogP contribution in [0.25, 0.3) is 5.69 Å². The zero-order valence-electron chi connectivity index (χ0n) is 15.8. The van der Waals surface area contributed by atoms with Crippen molar-refractivity contribution in [3.63, 3.8) is 0 Å². The summed E-state index contributed by atoms with van der Waals surface area (Å²) in [7, 11) is 1.89. The minimum Gasteiger partial charge on any atom is -0.487 e. The number of halogens is 1. The van der Waals surface area contributed by atoms with E-state index in [2.05, 4.69) is 23.4 Å². The molecule has 1 heterocycles. The number of ether oxygens (including phenoxy) is 1. The van der Waals surface area contributed by atoms with E-state index in [0.717, 1.165) is 34.5 Å². The minimum absolute atomic E-state index is 0.414. The fraction of sp³-hybridized carbons (Fsp3) is 0.238. The maximum Gasteiger partial charge on any atom is 0.153 e. The van der Waals surface area contributed by atoms with Gasteiger partial charge in [0, 0.05) is 18.3 Å². The Morgan fingerprint density at radius 2 is 2.00 bits per heavy atom. The number of aldehydes is 1. The first-order valence-electron chi connectivity index (χ1n) is 8.66. The molecular formula is C21H22ClN3O2. The molecule has 0 radical (unpaired) electrons. The molecule has 5 nitrogen and oxygen atoms in total. The Bertz CT molecular complexity index is 995. The number of aromatic nitrogens is 2. The van der Waals surface area contributed by atoms with Gasteiger partial charge in [0.15, 0.2) is 6.29 Å². The molecule has 0 saturated heterocycles. The third kappa shape index (κ3) is 3.69. The highest BCUT2D eigenvalue weighted by molar-refractivity contribution is 6.32. The fourth-order valence-corrected chi connectivity index (χ4v) is 3.32. The summed E-state index contributed by atoms with van der Waals surface area (Å²) in [5.74, 6) is 0.600. The lowest BCUT2D eigenvalue weighted by Crippen LogP contribution is -2.04. The number of carbonyl (C=O) groups is 1. The van der Waals surface area contributed by atoms with Crippen LogP contribution in [-0.2, 0) is 6.61 Å². The van der Waals surface area contributed by atoms with Gasteiger partial charge in [0.05, 0.1) is 27.7 Å². The molecule has 3 rings (SSSR count). The van der Waals surface area contributed by atoms with Crippen LogP contribution in [-0.4, -0.2) is 23.1 Å². The Hall–Kier alpha value is -2.79. The van der Waals surface area contributed by atoms with E-state index in [9.17, 15) is 4.79 Å². The zero-order valence-corrected chi connectivity index (χ0v) is 16.6. The van der Waals surface area contributed by atoms with Crippen molar-refractivity contribution in [2.24, 2.45) is 0 Å². The topological polar surface area (TPSA) is 56.1 Å². The molecule has 6 heteroatoms. The van der Waals surface area contributed by atoms with Gasteiger partial charge in [-0.3, -0.25) is 4.79 Å². The summed E-state index contributed by atoms with van der Waals surface area (Å²) in [6.45, 7) is 6.14. The molecule has 2 aromatic carbocycles. The summed E-state index contributed by atoms with van der Waals surface area (Å²) < 4.78 is 7.68. The van der Waals surface area contributed by atoms with Crippen LogP contribution in [0.4, 0.5) is 5.69 Å². The van der Waals surface area contributed by atoms with Gasteiger partial charge in [0.1, 0.15) is 12.4 Å². The van der Waals surface area contributed by atoms with E-state index < -0.39 is 0 Å². The number of anilines is 1. The first-order chi connectivity index (χ1) is 13.0.